The lowest BCUT2D eigenvalue weighted by Gasteiger charge is -2.27. The molecule has 222 valence electrons. The molecule has 0 saturated heterocycles. The van der Waals surface area contributed by atoms with Gasteiger partial charge in [0, 0.05) is 29.8 Å². The highest BCUT2D eigenvalue weighted by molar-refractivity contribution is 6.13. The molecule has 2 atom stereocenters. The first-order valence-electron chi connectivity index (χ1n) is 13.6. The van der Waals surface area contributed by atoms with Gasteiger partial charge in [0.15, 0.2) is 0 Å². The summed E-state index contributed by atoms with van der Waals surface area (Å²) >= 11 is 0. The van der Waals surface area contributed by atoms with Gasteiger partial charge in [0.1, 0.15) is 18.2 Å². The summed E-state index contributed by atoms with van der Waals surface area (Å²) in [7, 11) is 0. The molecule has 11 heteroatoms. The van der Waals surface area contributed by atoms with Crippen molar-refractivity contribution in [1.82, 2.24) is 10.2 Å². The number of benzene rings is 2. The predicted octanol–water partition coefficient (Wildman–Crippen LogP) is 2.29. The van der Waals surface area contributed by atoms with Crippen LogP contribution in [0.1, 0.15) is 57.0 Å². The molecule has 42 heavy (non-hydrogen) atoms. The number of carbonyl (C=O) groups excluding carboxylic acids is 5. The van der Waals surface area contributed by atoms with Gasteiger partial charge >= 0.3 is 11.9 Å². The summed E-state index contributed by atoms with van der Waals surface area (Å²) in [6.07, 6.45) is -0.0847. The Morgan fingerprint density at radius 2 is 1.79 bits per heavy atom. The largest absolute Gasteiger partial charge is 0.466 e. The van der Waals surface area contributed by atoms with Crippen LogP contribution in [0.5, 0.6) is 0 Å². The van der Waals surface area contributed by atoms with Gasteiger partial charge in [-0.3, -0.25) is 28.9 Å². The summed E-state index contributed by atoms with van der Waals surface area (Å²) in [5.41, 5.74) is 6.52. The summed E-state index contributed by atoms with van der Waals surface area (Å²) in [6.45, 7) is 8.26. The molecule has 3 rings (SSSR count). The zero-order valence-electron chi connectivity index (χ0n) is 24.4. The molecule has 0 spiro atoms. The van der Waals surface area contributed by atoms with Gasteiger partial charge in [-0.25, -0.2) is 0 Å². The number of para-hydroxylation sites is 1. The number of amides is 3. The maximum absolute atomic E-state index is 13.8. The number of carbonyl (C=O) groups is 5. The summed E-state index contributed by atoms with van der Waals surface area (Å²) in [4.78, 5) is 66.6. The first kappa shape index (κ1) is 31.8. The van der Waals surface area contributed by atoms with E-state index in [0.29, 0.717) is 16.9 Å². The Hall–Kier alpha value is -4.69. The lowest BCUT2D eigenvalue weighted by Crippen LogP contribution is -2.45. The summed E-state index contributed by atoms with van der Waals surface area (Å²) in [5.74, 6) is 2.51. The number of ether oxygens (including phenoxy) is 2. The highest BCUT2D eigenvalue weighted by Crippen LogP contribution is 2.33. The van der Waals surface area contributed by atoms with Gasteiger partial charge in [-0.05, 0) is 65.0 Å². The zero-order valence-corrected chi connectivity index (χ0v) is 24.4. The van der Waals surface area contributed by atoms with E-state index in [-0.39, 0.29) is 37.6 Å². The van der Waals surface area contributed by atoms with Gasteiger partial charge in [-0.15, -0.1) is 0 Å². The van der Waals surface area contributed by atoms with Gasteiger partial charge in [0.05, 0.1) is 24.3 Å². The average molecular weight is 577 g/mol. The van der Waals surface area contributed by atoms with E-state index < -0.39 is 41.4 Å². The molecule has 1 heterocycles. The van der Waals surface area contributed by atoms with Crippen molar-refractivity contribution in [3.05, 3.63) is 59.7 Å². The van der Waals surface area contributed by atoms with E-state index in [1.807, 2.05) is 6.07 Å². The lowest BCUT2D eigenvalue weighted by molar-refractivity contribution is -0.156. The van der Waals surface area contributed by atoms with Crippen molar-refractivity contribution in [2.75, 3.05) is 24.6 Å². The van der Waals surface area contributed by atoms with Gasteiger partial charge in [0.2, 0.25) is 0 Å². The first-order valence-corrected chi connectivity index (χ1v) is 13.6. The second kappa shape index (κ2) is 13.8. The Balaban J connectivity index is 1.89. The molecule has 11 nitrogen and oxygen atoms in total. The van der Waals surface area contributed by atoms with E-state index in [2.05, 4.69) is 17.2 Å². The number of nitrogens with zero attached hydrogens (tertiary/aromatic N) is 2. The van der Waals surface area contributed by atoms with Gasteiger partial charge in [-0.1, -0.05) is 24.1 Å². The third kappa shape index (κ3) is 8.41. The number of esters is 2. The van der Waals surface area contributed by atoms with Crippen LogP contribution in [0.15, 0.2) is 48.5 Å². The maximum Gasteiger partial charge on any atom is 0.325 e. The summed E-state index contributed by atoms with van der Waals surface area (Å²) in [6, 6.07) is 11.9. The normalized spacial score (nSPS) is 14.5. The van der Waals surface area contributed by atoms with Crippen molar-refractivity contribution in [2.45, 2.75) is 58.7 Å². The van der Waals surface area contributed by atoms with Gasteiger partial charge in [0.25, 0.3) is 17.7 Å². The van der Waals surface area contributed by atoms with Crippen LogP contribution in [0.2, 0.25) is 0 Å². The highest BCUT2D eigenvalue weighted by atomic mass is 16.6. The van der Waals surface area contributed by atoms with E-state index in [4.69, 9.17) is 15.2 Å². The van der Waals surface area contributed by atoms with Crippen LogP contribution in [0, 0.1) is 11.8 Å². The van der Waals surface area contributed by atoms with Crippen LogP contribution >= 0.6 is 0 Å². The third-order valence-electron chi connectivity index (χ3n) is 6.11. The molecular weight excluding hydrogens is 540 g/mol. The molecule has 0 aromatic heterocycles. The second-order valence-corrected chi connectivity index (χ2v) is 10.7. The first-order chi connectivity index (χ1) is 19.8. The Bertz CT molecular complexity index is 1410. The number of hydrogen-bond acceptors (Lipinski definition) is 8. The van der Waals surface area contributed by atoms with Crippen molar-refractivity contribution in [2.24, 2.45) is 5.73 Å². The van der Waals surface area contributed by atoms with Crippen LogP contribution in [0.3, 0.4) is 0 Å². The van der Waals surface area contributed by atoms with Crippen molar-refractivity contribution in [3.63, 3.8) is 0 Å². The van der Waals surface area contributed by atoms with Crippen molar-refractivity contribution in [1.29, 1.82) is 0 Å². The highest BCUT2D eigenvalue weighted by Gasteiger charge is 2.35. The smallest absolute Gasteiger partial charge is 0.325 e. The fourth-order valence-electron chi connectivity index (χ4n) is 4.18. The predicted molar refractivity (Wildman–Crippen MR) is 155 cm³/mol. The number of nitrogens with one attached hydrogen (secondary N) is 1. The quantitative estimate of drug-likeness (QED) is 0.359. The second-order valence-electron chi connectivity index (χ2n) is 10.7. The molecule has 2 aromatic carbocycles. The number of anilines is 2. The number of rotatable bonds is 8. The summed E-state index contributed by atoms with van der Waals surface area (Å²) in [5, 5.41) is 2.48. The molecule has 1 aliphatic rings. The molecule has 3 N–H and O–H groups in total. The monoisotopic (exact) mass is 576 g/mol. The Kier molecular flexibility index (Phi) is 10.4. The summed E-state index contributed by atoms with van der Waals surface area (Å²) < 4.78 is 10.2. The van der Waals surface area contributed by atoms with E-state index in [1.165, 1.54) is 15.9 Å². The molecule has 1 aliphatic heterocycles. The number of hydrogen-bond donors (Lipinski definition) is 2. The molecule has 2 aromatic rings. The van der Waals surface area contributed by atoms with Crippen LogP contribution in [-0.2, 0) is 28.7 Å². The fraction of sp³-hybridized carbons (Fsp3) is 0.387. The molecule has 0 bridgehead atoms. The van der Waals surface area contributed by atoms with Gasteiger partial charge in [-0.2, -0.15) is 0 Å². The van der Waals surface area contributed by atoms with Crippen LogP contribution in [0.25, 0.3) is 0 Å². The minimum absolute atomic E-state index is 0.0847. The molecule has 0 aliphatic carbocycles. The van der Waals surface area contributed by atoms with Crippen LogP contribution in [0.4, 0.5) is 11.4 Å². The van der Waals surface area contributed by atoms with Crippen molar-refractivity contribution in [3.8, 4) is 11.8 Å². The fourth-order valence-corrected chi connectivity index (χ4v) is 4.18. The van der Waals surface area contributed by atoms with Gasteiger partial charge < -0.3 is 25.4 Å². The Labute approximate surface area is 245 Å². The minimum Gasteiger partial charge on any atom is -0.466 e. The molecule has 0 radical (unpaired) electrons. The van der Waals surface area contributed by atoms with E-state index in [1.54, 1.807) is 71.0 Å². The SMILES string of the molecule is CCOC(=O)CC(C)N1CC(=O)N(c2ccccc2)c2ccc(C#CC(=O)NCC(N)C(=O)OC(C)(C)C)cc2C1=O. The number of fused-ring (bicyclic) bond motifs is 1. The van der Waals surface area contributed by atoms with Crippen LogP contribution in [-0.4, -0.2) is 71.9 Å². The zero-order chi connectivity index (χ0) is 31.0. The van der Waals surface area contributed by atoms with E-state index in [0.717, 1.165) is 0 Å². The maximum atomic E-state index is 13.8. The third-order valence-corrected chi connectivity index (χ3v) is 6.11. The minimum atomic E-state index is -1.07. The van der Waals surface area contributed by atoms with Crippen LogP contribution < -0.4 is 16.0 Å². The standard InChI is InChI=1S/C31H36N4O7/c1-6-41-28(38)16-20(2)34-19-27(37)35(22-10-8-7-9-11-22)25-14-12-21(17-23(25)29(34)39)13-15-26(36)33-18-24(32)30(40)42-31(3,4)5/h7-12,14,17,20,24H,6,16,18-19,32H2,1-5H3,(H,33,36). The topological polar surface area (TPSA) is 148 Å². The molecule has 2 unspecified atom stereocenters. The Morgan fingerprint density at radius 1 is 1.10 bits per heavy atom. The Morgan fingerprint density at radius 3 is 2.43 bits per heavy atom. The molecule has 3 amide bonds. The molecular formula is C31H36N4O7. The molecule has 0 saturated carbocycles. The molecule has 0 fully saturated rings. The van der Waals surface area contributed by atoms with E-state index in [9.17, 15) is 24.0 Å². The number of nitrogens with two attached hydrogens (primary N) is 1. The average Bonchev–Trinajstić information content (AvgIpc) is 3.03. The van der Waals surface area contributed by atoms with Crippen molar-refractivity contribution < 1.29 is 33.4 Å². The van der Waals surface area contributed by atoms with Crippen molar-refractivity contribution >= 4 is 41.0 Å². The lowest BCUT2D eigenvalue weighted by atomic mass is 10.1. The van der Waals surface area contributed by atoms with E-state index >= 15 is 0 Å².